The summed E-state index contributed by atoms with van der Waals surface area (Å²) in [5.41, 5.74) is 0. The minimum Gasteiger partial charge on any atom is -0.391 e. The molecule has 0 spiro atoms. The fourth-order valence-electron chi connectivity index (χ4n) is 2.50. The SMILES string of the molecule is O[C@H]1CCCN(c2nccc3ccccc23)C1. The van der Waals surface area contributed by atoms with Crippen molar-refractivity contribution in [1.29, 1.82) is 0 Å². The summed E-state index contributed by atoms with van der Waals surface area (Å²) in [5, 5.41) is 12.1. The van der Waals surface area contributed by atoms with E-state index < -0.39 is 0 Å². The van der Waals surface area contributed by atoms with Crippen molar-refractivity contribution < 1.29 is 5.11 Å². The number of β-amino-alcohol motifs (C(OH)–C–C–N with tert-alkyl or cyclic N) is 1. The third-order valence-electron chi connectivity index (χ3n) is 3.35. The van der Waals surface area contributed by atoms with E-state index >= 15 is 0 Å². The molecule has 1 N–H and O–H groups in total. The van der Waals surface area contributed by atoms with Gasteiger partial charge in [0.25, 0.3) is 0 Å². The average Bonchev–Trinajstić information content (AvgIpc) is 2.38. The van der Waals surface area contributed by atoms with Gasteiger partial charge in [0.15, 0.2) is 0 Å². The van der Waals surface area contributed by atoms with Crippen molar-refractivity contribution in [2.75, 3.05) is 18.0 Å². The van der Waals surface area contributed by atoms with E-state index in [9.17, 15) is 5.11 Å². The zero-order chi connectivity index (χ0) is 11.7. The maximum atomic E-state index is 9.74. The van der Waals surface area contributed by atoms with Crippen LogP contribution in [0, 0.1) is 0 Å². The highest BCUT2D eigenvalue weighted by molar-refractivity contribution is 5.92. The molecule has 1 aliphatic rings. The predicted octanol–water partition coefficient (Wildman–Crippen LogP) is 2.20. The summed E-state index contributed by atoms with van der Waals surface area (Å²) in [6, 6.07) is 10.3. The number of hydrogen-bond donors (Lipinski definition) is 1. The molecule has 0 saturated carbocycles. The van der Waals surface area contributed by atoms with Crippen molar-refractivity contribution in [2.45, 2.75) is 18.9 Å². The molecule has 0 radical (unpaired) electrons. The monoisotopic (exact) mass is 228 g/mol. The summed E-state index contributed by atoms with van der Waals surface area (Å²) in [6.07, 6.45) is 3.57. The van der Waals surface area contributed by atoms with Crippen LogP contribution in [0.4, 0.5) is 5.82 Å². The van der Waals surface area contributed by atoms with Gasteiger partial charge in [0.05, 0.1) is 6.10 Å². The highest BCUT2D eigenvalue weighted by Gasteiger charge is 2.19. The molecular formula is C14H16N2O. The normalized spacial score (nSPS) is 20.8. The molecule has 3 heteroatoms. The zero-order valence-corrected chi connectivity index (χ0v) is 9.71. The molecule has 2 heterocycles. The second-order valence-corrected chi connectivity index (χ2v) is 4.60. The first-order chi connectivity index (χ1) is 8.34. The molecule has 0 unspecified atom stereocenters. The number of hydrogen-bond acceptors (Lipinski definition) is 3. The van der Waals surface area contributed by atoms with Gasteiger partial charge < -0.3 is 10.0 Å². The van der Waals surface area contributed by atoms with Crippen LogP contribution in [-0.2, 0) is 0 Å². The van der Waals surface area contributed by atoms with Gasteiger partial charge in [0.2, 0.25) is 0 Å². The summed E-state index contributed by atoms with van der Waals surface area (Å²) in [5.74, 6) is 1.00. The molecule has 2 aromatic rings. The van der Waals surface area contributed by atoms with E-state index in [-0.39, 0.29) is 6.10 Å². The predicted molar refractivity (Wildman–Crippen MR) is 69.2 cm³/mol. The van der Waals surface area contributed by atoms with Crippen LogP contribution in [0.5, 0.6) is 0 Å². The van der Waals surface area contributed by atoms with E-state index in [0.717, 1.165) is 25.2 Å². The van der Waals surface area contributed by atoms with Crippen LogP contribution in [0.25, 0.3) is 10.8 Å². The Hall–Kier alpha value is -1.61. The molecule has 88 valence electrons. The van der Waals surface area contributed by atoms with Gasteiger partial charge in [-0.2, -0.15) is 0 Å². The first kappa shape index (κ1) is 10.5. The fraction of sp³-hybridized carbons (Fsp3) is 0.357. The van der Waals surface area contributed by atoms with E-state index in [2.05, 4.69) is 22.0 Å². The van der Waals surface area contributed by atoms with Gasteiger partial charge >= 0.3 is 0 Å². The minimum absolute atomic E-state index is 0.218. The number of piperidine rings is 1. The Morgan fingerprint density at radius 1 is 1.24 bits per heavy atom. The fourth-order valence-corrected chi connectivity index (χ4v) is 2.50. The standard InChI is InChI=1S/C14H16N2O/c17-12-5-3-9-16(10-12)14-13-6-2-1-4-11(13)7-8-15-14/h1-2,4,6-8,12,17H,3,5,9-10H2/t12-/m0/s1. The molecule has 3 rings (SSSR count). The number of fused-ring (bicyclic) bond motifs is 1. The molecule has 1 aromatic heterocycles. The number of aromatic nitrogens is 1. The van der Waals surface area contributed by atoms with Crippen molar-refractivity contribution in [1.82, 2.24) is 4.98 Å². The van der Waals surface area contributed by atoms with E-state index in [1.807, 2.05) is 24.4 Å². The number of pyridine rings is 1. The van der Waals surface area contributed by atoms with Crippen molar-refractivity contribution in [3.05, 3.63) is 36.5 Å². The van der Waals surface area contributed by atoms with Crippen LogP contribution in [0.2, 0.25) is 0 Å². The summed E-state index contributed by atoms with van der Waals surface area (Å²) in [6.45, 7) is 1.68. The van der Waals surface area contributed by atoms with Crippen LogP contribution in [0.3, 0.4) is 0 Å². The number of nitrogens with zero attached hydrogens (tertiary/aromatic N) is 2. The Balaban J connectivity index is 2.04. The Bertz CT molecular complexity index is 521. The maximum Gasteiger partial charge on any atom is 0.136 e. The van der Waals surface area contributed by atoms with Gasteiger partial charge in [-0.15, -0.1) is 0 Å². The van der Waals surface area contributed by atoms with E-state index in [1.165, 1.54) is 10.8 Å². The van der Waals surface area contributed by atoms with Crippen LogP contribution >= 0.6 is 0 Å². The number of aliphatic hydroxyl groups excluding tert-OH is 1. The second-order valence-electron chi connectivity index (χ2n) is 4.60. The summed E-state index contributed by atoms with van der Waals surface area (Å²) < 4.78 is 0. The van der Waals surface area contributed by atoms with Crippen LogP contribution < -0.4 is 4.90 Å². The van der Waals surface area contributed by atoms with Crippen molar-refractivity contribution in [2.24, 2.45) is 0 Å². The van der Waals surface area contributed by atoms with E-state index in [0.29, 0.717) is 6.54 Å². The molecule has 1 aromatic carbocycles. The van der Waals surface area contributed by atoms with Gasteiger partial charge in [0, 0.05) is 24.7 Å². The molecule has 3 nitrogen and oxygen atoms in total. The van der Waals surface area contributed by atoms with Crippen molar-refractivity contribution in [3.8, 4) is 0 Å². The number of anilines is 1. The lowest BCUT2D eigenvalue weighted by atomic mass is 10.1. The first-order valence-corrected chi connectivity index (χ1v) is 6.11. The molecule has 0 bridgehead atoms. The lowest BCUT2D eigenvalue weighted by Gasteiger charge is -2.31. The smallest absolute Gasteiger partial charge is 0.136 e. The quantitative estimate of drug-likeness (QED) is 0.813. The first-order valence-electron chi connectivity index (χ1n) is 6.11. The van der Waals surface area contributed by atoms with E-state index in [1.54, 1.807) is 0 Å². The molecule has 17 heavy (non-hydrogen) atoms. The molecule has 0 aliphatic carbocycles. The zero-order valence-electron chi connectivity index (χ0n) is 9.71. The summed E-state index contributed by atoms with van der Waals surface area (Å²) in [4.78, 5) is 6.67. The van der Waals surface area contributed by atoms with Gasteiger partial charge in [-0.1, -0.05) is 24.3 Å². The molecular weight excluding hydrogens is 212 g/mol. The van der Waals surface area contributed by atoms with Crippen LogP contribution in [-0.4, -0.2) is 29.3 Å². The van der Waals surface area contributed by atoms with Gasteiger partial charge in [-0.05, 0) is 24.3 Å². The number of rotatable bonds is 1. The molecule has 1 aliphatic heterocycles. The number of benzene rings is 1. The number of aliphatic hydroxyl groups is 1. The Morgan fingerprint density at radius 3 is 3.00 bits per heavy atom. The Labute approximate surface area is 101 Å². The van der Waals surface area contributed by atoms with E-state index in [4.69, 9.17) is 0 Å². The lowest BCUT2D eigenvalue weighted by molar-refractivity contribution is 0.154. The third kappa shape index (κ3) is 1.98. The Morgan fingerprint density at radius 2 is 2.12 bits per heavy atom. The summed E-state index contributed by atoms with van der Waals surface area (Å²) in [7, 11) is 0. The van der Waals surface area contributed by atoms with Crippen molar-refractivity contribution >= 4 is 16.6 Å². The Kier molecular flexibility index (Phi) is 2.69. The summed E-state index contributed by atoms with van der Waals surface area (Å²) >= 11 is 0. The maximum absolute atomic E-state index is 9.74. The van der Waals surface area contributed by atoms with Crippen molar-refractivity contribution in [3.63, 3.8) is 0 Å². The lowest BCUT2D eigenvalue weighted by Crippen LogP contribution is -2.38. The molecule has 1 saturated heterocycles. The second kappa shape index (κ2) is 4.34. The third-order valence-corrected chi connectivity index (χ3v) is 3.35. The molecule has 0 amide bonds. The largest absolute Gasteiger partial charge is 0.391 e. The molecule has 1 fully saturated rings. The van der Waals surface area contributed by atoms with Crippen LogP contribution in [0.1, 0.15) is 12.8 Å². The van der Waals surface area contributed by atoms with Gasteiger partial charge in [-0.25, -0.2) is 4.98 Å². The topological polar surface area (TPSA) is 36.4 Å². The molecule has 1 atom stereocenters. The highest BCUT2D eigenvalue weighted by Crippen LogP contribution is 2.26. The van der Waals surface area contributed by atoms with Gasteiger partial charge in [-0.3, -0.25) is 0 Å². The minimum atomic E-state index is -0.218. The van der Waals surface area contributed by atoms with Gasteiger partial charge in [0.1, 0.15) is 5.82 Å². The van der Waals surface area contributed by atoms with Crippen LogP contribution in [0.15, 0.2) is 36.5 Å². The highest BCUT2D eigenvalue weighted by atomic mass is 16.3. The average molecular weight is 228 g/mol.